The molecule has 0 fully saturated rings. The number of amides is 2. The van der Waals surface area contributed by atoms with E-state index in [1.54, 1.807) is 29.1 Å². The Morgan fingerprint density at radius 2 is 2.40 bits per heavy atom. The third-order valence-corrected chi connectivity index (χ3v) is 2.98. The van der Waals surface area contributed by atoms with Crippen LogP contribution >= 0.6 is 0 Å². The van der Waals surface area contributed by atoms with Crippen LogP contribution in [0.5, 0.6) is 0 Å². The van der Waals surface area contributed by atoms with E-state index in [1.807, 2.05) is 32.3 Å². The predicted molar refractivity (Wildman–Crippen MR) is 75.1 cm³/mol. The van der Waals surface area contributed by atoms with Crippen molar-refractivity contribution in [1.82, 2.24) is 20.0 Å². The molecule has 0 aromatic carbocycles. The Morgan fingerprint density at radius 1 is 1.60 bits per heavy atom. The van der Waals surface area contributed by atoms with Crippen LogP contribution in [0.1, 0.15) is 18.2 Å². The van der Waals surface area contributed by atoms with Gasteiger partial charge in [0.15, 0.2) is 0 Å². The molecule has 2 rings (SSSR count). The summed E-state index contributed by atoms with van der Waals surface area (Å²) in [5.74, 6) is 0.868. The lowest BCUT2D eigenvalue weighted by atomic mass is 10.2. The summed E-state index contributed by atoms with van der Waals surface area (Å²) in [7, 11) is 3.62. The second kappa shape index (κ2) is 6.27. The lowest BCUT2D eigenvalue weighted by molar-refractivity contribution is 0.203. The lowest BCUT2D eigenvalue weighted by Crippen LogP contribution is -2.42. The van der Waals surface area contributed by atoms with E-state index in [2.05, 4.69) is 10.4 Å². The molecule has 0 spiro atoms. The molecule has 2 aromatic heterocycles. The quantitative estimate of drug-likeness (QED) is 0.905. The Morgan fingerprint density at radius 3 is 3.00 bits per heavy atom. The smallest absolute Gasteiger partial charge is 0.317 e. The average Bonchev–Trinajstić information content (AvgIpc) is 3.01. The zero-order valence-corrected chi connectivity index (χ0v) is 12.0. The summed E-state index contributed by atoms with van der Waals surface area (Å²) in [5, 5.41) is 7.03. The highest BCUT2D eigenvalue weighted by Gasteiger charge is 2.14. The summed E-state index contributed by atoms with van der Waals surface area (Å²) in [6.45, 7) is 2.49. The first-order valence-electron chi connectivity index (χ1n) is 6.56. The van der Waals surface area contributed by atoms with Crippen molar-refractivity contribution >= 4 is 6.03 Å². The molecule has 0 aliphatic heterocycles. The molecular weight excluding hydrogens is 256 g/mol. The van der Waals surface area contributed by atoms with E-state index in [9.17, 15) is 4.79 Å². The maximum atomic E-state index is 12.1. The number of urea groups is 1. The molecule has 1 N–H and O–H groups in total. The van der Waals surface area contributed by atoms with Crippen molar-refractivity contribution in [3.05, 3.63) is 42.1 Å². The van der Waals surface area contributed by atoms with Crippen molar-refractivity contribution in [2.45, 2.75) is 25.9 Å². The van der Waals surface area contributed by atoms with Crippen LogP contribution in [-0.4, -0.2) is 33.8 Å². The molecule has 2 amide bonds. The van der Waals surface area contributed by atoms with Crippen LogP contribution < -0.4 is 5.32 Å². The molecule has 0 aliphatic carbocycles. The molecule has 20 heavy (non-hydrogen) atoms. The van der Waals surface area contributed by atoms with Crippen molar-refractivity contribution in [3.63, 3.8) is 0 Å². The number of hydrogen-bond donors (Lipinski definition) is 1. The Kier molecular flexibility index (Phi) is 4.45. The zero-order valence-electron chi connectivity index (χ0n) is 12.0. The monoisotopic (exact) mass is 276 g/mol. The molecule has 1 unspecified atom stereocenters. The molecule has 2 heterocycles. The Labute approximate surface area is 118 Å². The second-order valence-electron chi connectivity index (χ2n) is 5.01. The number of furan rings is 1. The Bertz CT molecular complexity index is 547. The standard InChI is InChI=1S/C14H20N4O2/c1-11(7-13-5-4-6-20-13)16-14(19)17(2)9-12-8-15-18(3)10-12/h4-6,8,10-11H,7,9H2,1-3H3,(H,16,19). The van der Waals surface area contributed by atoms with Crippen LogP contribution in [0.3, 0.4) is 0 Å². The number of carbonyl (C=O) groups is 1. The maximum Gasteiger partial charge on any atom is 0.317 e. The average molecular weight is 276 g/mol. The normalized spacial score (nSPS) is 12.2. The van der Waals surface area contributed by atoms with Gasteiger partial charge in [0.1, 0.15) is 5.76 Å². The Hall–Kier alpha value is -2.24. The molecule has 6 heteroatoms. The topological polar surface area (TPSA) is 63.3 Å². The largest absolute Gasteiger partial charge is 0.469 e. The highest BCUT2D eigenvalue weighted by atomic mass is 16.3. The molecule has 0 radical (unpaired) electrons. The van der Waals surface area contributed by atoms with Crippen molar-refractivity contribution < 1.29 is 9.21 Å². The first-order chi connectivity index (χ1) is 9.54. The second-order valence-corrected chi connectivity index (χ2v) is 5.01. The van der Waals surface area contributed by atoms with Gasteiger partial charge in [-0.15, -0.1) is 0 Å². The molecule has 108 valence electrons. The van der Waals surface area contributed by atoms with Crippen LogP contribution in [0.4, 0.5) is 4.79 Å². The number of nitrogens with one attached hydrogen (secondary N) is 1. The summed E-state index contributed by atoms with van der Waals surface area (Å²) in [6, 6.07) is 3.67. The van der Waals surface area contributed by atoms with Crippen LogP contribution in [0, 0.1) is 0 Å². The molecule has 0 saturated heterocycles. The van der Waals surface area contributed by atoms with Gasteiger partial charge >= 0.3 is 6.03 Å². The van der Waals surface area contributed by atoms with Gasteiger partial charge in [-0.25, -0.2) is 4.79 Å². The lowest BCUT2D eigenvalue weighted by Gasteiger charge is -2.20. The molecule has 2 aromatic rings. The fourth-order valence-electron chi connectivity index (χ4n) is 2.00. The van der Waals surface area contributed by atoms with E-state index in [0.29, 0.717) is 13.0 Å². The number of rotatable bonds is 5. The maximum absolute atomic E-state index is 12.1. The zero-order chi connectivity index (χ0) is 14.5. The first kappa shape index (κ1) is 14.2. The third-order valence-electron chi connectivity index (χ3n) is 2.98. The van der Waals surface area contributed by atoms with Crippen LogP contribution in [0.2, 0.25) is 0 Å². The number of nitrogens with zero attached hydrogens (tertiary/aromatic N) is 3. The van der Waals surface area contributed by atoms with E-state index in [4.69, 9.17) is 4.42 Å². The first-order valence-corrected chi connectivity index (χ1v) is 6.56. The fraction of sp³-hybridized carbons (Fsp3) is 0.429. The fourth-order valence-corrected chi connectivity index (χ4v) is 2.00. The number of aryl methyl sites for hydroxylation is 1. The van der Waals surface area contributed by atoms with Gasteiger partial charge in [-0.3, -0.25) is 4.68 Å². The Balaban J connectivity index is 1.81. The van der Waals surface area contributed by atoms with Gasteiger partial charge in [-0.2, -0.15) is 5.10 Å². The van der Waals surface area contributed by atoms with Crippen molar-refractivity contribution in [2.24, 2.45) is 7.05 Å². The van der Waals surface area contributed by atoms with Crippen LogP contribution in [0.25, 0.3) is 0 Å². The summed E-state index contributed by atoms with van der Waals surface area (Å²) in [6.07, 6.45) is 5.98. The minimum absolute atomic E-state index is 0.0185. The van der Waals surface area contributed by atoms with E-state index >= 15 is 0 Å². The molecular formula is C14H20N4O2. The van der Waals surface area contributed by atoms with Gasteiger partial charge in [0.05, 0.1) is 19.0 Å². The minimum atomic E-state index is -0.104. The van der Waals surface area contributed by atoms with Crippen molar-refractivity contribution in [1.29, 1.82) is 0 Å². The summed E-state index contributed by atoms with van der Waals surface area (Å²) in [4.78, 5) is 13.7. The van der Waals surface area contributed by atoms with E-state index in [-0.39, 0.29) is 12.1 Å². The molecule has 6 nitrogen and oxygen atoms in total. The van der Waals surface area contributed by atoms with Gasteiger partial charge in [0.2, 0.25) is 0 Å². The summed E-state index contributed by atoms with van der Waals surface area (Å²) in [5.41, 5.74) is 1.00. The molecule has 0 saturated carbocycles. The van der Waals surface area contributed by atoms with E-state index in [1.165, 1.54) is 0 Å². The predicted octanol–water partition coefficient (Wildman–Crippen LogP) is 1.79. The van der Waals surface area contributed by atoms with Gasteiger partial charge in [-0.05, 0) is 19.1 Å². The van der Waals surface area contributed by atoms with Gasteiger partial charge in [-0.1, -0.05) is 0 Å². The number of carbonyl (C=O) groups excluding carboxylic acids is 1. The third kappa shape index (κ3) is 3.88. The highest BCUT2D eigenvalue weighted by molar-refractivity contribution is 5.74. The van der Waals surface area contributed by atoms with Gasteiger partial charge in [0.25, 0.3) is 0 Å². The van der Waals surface area contributed by atoms with Crippen LogP contribution in [-0.2, 0) is 20.0 Å². The summed E-state index contributed by atoms with van der Waals surface area (Å²) >= 11 is 0. The van der Waals surface area contributed by atoms with E-state index < -0.39 is 0 Å². The van der Waals surface area contributed by atoms with Crippen molar-refractivity contribution in [2.75, 3.05) is 7.05 Å². The van der Waals surface area contributed by atoms with Crippen LogP contribution in [0.15, 0.2) is 35.2 Å². The minimum Gasteiger partial charge on any atom is -0.469 e. The van der Waals surface area contributed by atoms with Gasteiger partial charge in [0, 0.05) is 38.3 Å². The molecule has 0 bridgehead atoms. The number of aromatic nitrogens is 2. The SMILES string of the molecule is CC(Cc1ccco1)NC(=O)N(C)Cc1cnn(C)c1. The summed E-state index contributed by atoms with van der Waals surface area (Å²) < 4.78 is 6.99. The highest BCUT2D eigenvalue weighted by Crippen LogP contribution is 2.05. The number of hydrogen-bond acceptors (Lipinski definition) is 3. The van der Waals surface area contributed by atoms with Crippen molar-refractivity contribution in [3.8, 4) is 0 Å². The molecule has 1 atom stereocenters. The van der Waals surface area contributed by atoms with E-state index in [0.717, 1.165) is 11.3 Å². The molecule has 0 aliphatic rings. The van der Waals surface area contributed by atoms with Gasteiger partial charge < -0.3 is 14.6 Å².